The summed E-state index contributed by atoms with van der Waals surface area (Å²) in [4.78, 5) is 20.4. The molecule has 0 fully saturated rings. The summed E-state index contributed by atoms with van der Waals surface area (Å²) in [5.41, 5.74) is 1.87. The average Bonchev–Trinajstić information content (AvgIpc) is 1.88. The molecule has 0 saturated heterocycles. The molecule has 0 unspecified atom stereocenters. The van der Waals surface area contributed by atoms with Crippen LogP contribution in [0.15, 0.2) is 5.10 Å². The molecule has 1 rings (SSSR count). The molecule has 3 N–H and O–H groups in total. The Morgan fingerprint density at radius 3 is 2.80 bits per heavy atom. The van der Waals surface area contributed by atoms with E-state index in [2.05, 4.69) is 10.4 Å². The lowest BCUT2D eigenvalue weighted by Gasteiger charge is -2.09. The van der Waals surface area contributed by atoms with Crippen LogP contribution in [0.25, 0.3) is 0 Å². The van der Waals surface area contributed by atoms with Crippen molar-refractivity contribution in [1.82, 2.24) is 10.7 Å². The molecule has 0 saturated carbocycles. The van der Waals surface area contributed by atoms with Gasteiger partial charge in [-0.3, -0.25) is 0 Å². The van der Waals surface area contributed by atoms with Crippen LogP contribution in [0.3, 0.4) is 0 Å². The number of nitrogens with zero attached hydrogens (tertiary/aromatic N) is 1. The van der Waals surface area contributed by atoms with E-state index in [9.17, 15) is 9.59 Å². The molecular formula is C4H5N3O3. The molecule has 0 atom stereocenters. The molecule has 6 heteroatoms. The number of carbonyl (C=O) groups is 2. The maximum atomic E-state index is 10.3. The van der Waals surface area contributed by atoms with Crippen molar-refractivity contribution >= 4 is 17.7 Å². The predicted molar refractivity (Wildman–Crippen MR) is 31.6 cm³/mol. The second-order valence-corrected chi connectivity index (χ2v) is 1.66. The number of rotatable bonds is 1. The van der Waals surface area contributed by atoms with Crippen LogP contribution in [0, 0.1) is 0 Å². The van der Waals surface area contributed by atoms with Gasteiger partial charge in [-0.15, -0.1) is 0 Å². The van der Waals surface area contributed by atoms with Gasteiger partial charge in [0.15, 0.2) is 5.71 Å². The minimum Gasteiger partial charge on any atom is -0.477 e. The van der Waals surface area contributed by atoms with Crippen LogP contribution in [0.5, 0.6) is 0 Å². The molecular weight excluding hydrogens is 138 g/mol. The monoisotopic (exact) mass is 143 g/mol. The van der Waals surface area contributed by atoms with E-state index in [-0.39, 0.29) is 12.3 Å². The highest BCUT2D eigenvalue weighted by Crippen LogP contribution is 1.82. The first-order valence-electron chi connectivity index (χ1n) is 2.54. The van der Waals surface area contributed by atoms with Gasteiger partial charge in [-0.25, -0.2) is 15.0 Å². The average molecular weight is 143 g/mol. The molecule has 0 aliphatic carbocycles. The van der Waals surface area contributed by atoms with Crippen LogP contribution >= 0.6 is 0 Å². The second-order valence-electron chi connectivity index (χ2n) is 1.66. The number of hydrogen-bond donors (Lipinski definition) is 3. The quantitative estimate of drug-likeness (QED) is 0.428. The van der Waals surface area contributed by atoms with E-state index in [1.807, 2.05) is 5.43 Å². The molecule has 1 heterocycles. The first-order valence-corrected chi connectivity index (χ1v) is 2.54. The van der Waals surface area contributed by atoms with Gasteiger partial charge < -0.3 is 10.4 Å². The lowest BCUT2D eigenvalue weighted by Crippen LogP contribution is -2.44. The lowest BCUT2D eigenvalue weighted by molar-refractivity contribution is -0.129. The van der Waals surface area contributed by atoms with Crippen LogP contribution in [0.4, 0.5) is 4.79 Å². The molecule has 1 aliphatic heterocycles. The molecule has 0 radical (unpaired) electrons. The lowest BCUT2D eigenvalue weighted by atomic mass is 10.4. The molecule has 0 aromatic carbocycles. The van der Waals surface area contributed by atoms with Crippen molar-refractivity contribution in [3.05, 3.63) is 0 Å². The number of hydrogen-bond acceptors (Lipinski definition) is 3. The molecule has 2 amide bonds. The maximum absolute atomic E-state index is 10.3. The fourth-order valence-electron chi connectivity index (χ4n) is 0.485. The summed E-state index contributed by atoms with van der Waals surface area (Å²) >= 11 is 0. The van der Waals surface area contributed by atoms with Crippen molar-refractivity contribution < 1.29 is 14.7 Å². The number of carboxylic acids is 1. The number of carboxylic acid groups (broad SMARTS) is 1. The highest BCUT2D eigenvalue weighted by Gasteiger charge is 2.15. The minimum absolute atomic E-state index is 0.0266. The van der Waals surface area contributed by atoms with Gasteiger partial charge in [-0.2, -0.15) is 5.10 Å². The number of aliphatic carboxylic acids is 1. The Hall–Kier alpha value is -1.59. The summed E-state index contributed by atoms with van der Waals surface area (Å²) in [5.74, 6) is -1.13. The van der Waals surface area contributed by atoms with Gasteiger partial charge in [0.1, 0.15) is 0 Å². The van der Waals surface area contributed by atoms with Gasteiger partial charge in [-0.05, 0) is 0 Å². The Labute approximate surface area is 55.9 Å². The third-order valence-corrected chi connectivity index (χ3v) is 0.956. The largest absolute Gasteiger partial charge is 0.477 e. The van der Waals surface area contributed by atoms with Crippen LogP contribution in [-0.4, -0.2) is 29.4 Å². The molecule has 0 aromatic rings. The second kappa shape index (κ2) is 2.34. The summed E-state index contributed by atoms with van der Waals surface area (Å²) in [6, 6.07) is -0.481. The van der Waals surface area contributed by atoms with Crippen molar-refractivity contribution in [2.75, 3.05) is 6.54 Å². The van der Waals surface area contributed by atoms with Crippen molar-refractivity contribution in [2.24, 2.45) is 5.10 Å². The number of amides is 2. The number of urea groups is 1. The Morgan fingerprint density at radius 2 is 2.40 bits per heavy atom. The van der Waals surface area contributed by atoms with Crippen molar-refractivity contribution in [3.8, 4) is 0 Å². The Balaban J connectivity index is 2.65. The fraction of sp³-hybridized carbons (Fsp3) is 0.250. The van der Waals surface area contributed by atoms with E-state index in [4.69, 9.17) is 5.11 Å². The summed E-state index contributed by atoms with van der Waals surface area (Å²) in [7, 11) is 0. The maximum Gasteiger partial charge on any atom is 0.353 e. The van der Waals surface area contributed by atoms with Gasteiger partial charge in [-0.1, -0.05) is 0 Å². The topological polar surface area (TPSA) is 90.8 Å². The molecule has 10 heavy (non-hydrogen) atoms. The van der Waals surface area contributed by atoms with E-state index in [0.717, 1.165) is 0 Å². The van der Waals surface area contributed by atoms with E-state index < -0.39 is 12.0 Å². The number of nitrogens with one attached hydrogen (secondary N) is 2. The van der Waals surface area contributed by atoms with E-state index in [1.165, 1.54) is 0 Å². The van der Waals surface area contributed by atoms with E-state index >= 15 is 0 Å². The van der Waals surface area contributed by atoms with Gasteiger partial charge in [0.2, 0.25) is 0 Å². The highest BCUT2D eigenvalue weighted by atomic mass is 16.4. The molecule has 0 spiro atoms. The highest BCUT2D eigenvalue weighted by molar-refractivity contribution is 6.37. The standard InChI is InChI=1S/C4H5N3O3/c8-3(9)2-1-5-4(10)7-6-2/h1H2,(H,8,9)(H2,5,7,10). The minimum atomic E-state index is -1.13. The van der Waals surface area contributed by atoms with Crippen LogP contribution < -0.4 is 10.7 Å². The summed E-state index contributed by atoms with van der Waals surface area (Å²) in [6.07, 6.45) is 0. The van der Waals surface area contributed by atoms with Crippen LogP contribution in [-0.2, 0) is 4.79 Å². The fourth-order valence-corrected chi connectivity index (χ4v) is 0.485. The van der Waals surface area contributed by atoms with Crippen molar-refractivity contribution in [1.29, 1.82) is 0 Å². The zero-order valence-corrected chi connectivity index (χ0v) is 4.92. The molecule has 0 aromatic heterocycles. The van der Waals surface area contributed by atoms with Crippen LogP contribution in [0.1, 0.15) is 0 Å². The Bertz CT molecular complexity index is 210. The third kappa shape index (κ3) is 1.22. The van der Waals surface area contributed by atoms with Crippen LogP contribution in [0.2, 0.25) is 0 Å². The SMILES string of the molecule is O=C1NCC(C(=O)O)=NN1. The predicted octanol–water partition coefficient (Wildman–Crippen LogP) is -1.26. The van der Waals surface area contributed by atoms with E-state index in [0.29, 0.717) is 0 Å². The van der Waals surface area contributed by atoms with Gasteiger partial charge in [0.05, 0.1) is 6.54 Å². The van der Waals surface area contributed by atoms with Crippen molar-refractivity contribution in [2.45, 2.75) is 0 Å². The first kappa shape index (κ1) is 6.53. The van der Waals surface area contributed by atoms with Gasteiger partial charge in [0, 0.05) is 0 Å². The smallest absolute Gasteiger partial charge is 0.353 e. The normalized spacial score (nSPS) is 16.8. The Kier molecular flexibility index (Phi) is 1.53. The summed E-state index contributed by atoms with van der Waals surface area (Å²) < 4.78 is 0. The molecule has 6 nitrogen and oxygen atoms in total. The summed E-state index contributed by atoms with van der Waals surface area (Å²) in [5, 5.41) is 13.8. The third-order valence-electron chi connectivity index (χ3n) is 0.956. The van der Waals surface area contributed by atoms with Crippen molar-refractivity contribution in [3.63, 3.8) is 0 Å². The molecule has 0 bridgehead atoms. The summed E-state index contributed by atoms with van der Waals surface area (Å²) in [6.45, 7) is -0.0266. The zero-order chi connectivity index (χ0) is 7.56. The van der Waals surface area contributed by atoms with Gasteiger partial charge >= 0.3 is 12.0 Å². The number of carbonyl (C=O) groups excluding carboxylic acids is 1. The molecule has 1 aliphatic rings. The number of hydrazone groups is 1. The Morgan fingerprint density at radius 1 is 1.70 bits per heavy atom. The zero-order valence-electron chi connectivity index (χ0n) is 4.92. The molecule has 54 valence electrons. The first-order chi connectivity index (χ1) is 4.70. The van der Waals surface area contributed by atoms with E-state index in [1.54, 1.807) is 0 Å². The van der Waals surface area contributed by atoms with Gasteiger partial charge in [0.25, 0.3) is 0 Å².